The summed E-state index contributed by atoms with van der Waals surface area (Å²) < 4.78 is 0. The van der Waals surface area contributed by atoms with E-state index in [1.807, 2.05) is 0 Å². The Morgan fingerprint density at radius 1 is 1.44 bits per heavy atom. The van der Waals surface area contributed by atoms with Crippen LogP contribution in [0, 0.1) is 17.8 Å². The number of rotatable bonds is 3. The van der Waals surface area contributed by atoms with Crippen LogP contribution in [0.15, 0.2) is 0 Å². The average Bonchev–Trinajstić information content (AvgIpc) is 2.47. The second kappa shape index (κ2) is 2.72. The Balaban J connectivity index is 2.09. The van der Waals surface area contributed by atoms with Crippen molar-refractivity contribution in [3.8, 4) is 0 Å². The summed E-state index contributed by atoms with van der Waals surface area (Å²) in [6.45, 7) is 6.98. The molecule has 54 valence electrons. The van der Waals surface area contributed by atoms with E-state index in [2.05, 4.69) is 20.8 Å². The van der Waals surface area contributed by atoms with Gasteiger partial charge in [-0.05, 0) is 24.2 Å². The first-order chi connectivity index (χ1) is 4.25. The molecule has 0 N–H and O–H groups in total. The van der Waals surface area contributed by atoms with Gasteiger partial charge in [0, 0.05) is 0 Å². The van der Waals surface area contributed by atoms with Crippen LogP contribution in [0.25, 0.3) is 0 Å². The van der Waals surface area contributed by atoms with Crippen molar-refractivity contribution in [3.63, 3.8) is 0 Å². The van der Waals surface area contributed by atoms with E-state index >= 15 is 0 Å². The first kappa shape index (κ1) is 7.11. The Bertz CT molecular complexity index is 84.0. The van der Waals surface area contributed by atoms with Crippen LogP contribution in [-0.2, 0) is 0 Å². The summed E-state index contributed by atoms with van der Waals surface area (Å²) in [5, 5.41) is 0. The van der Waals surface area contributed by atoms with E-state index in [1.165, 1.54) is 19.3 Å². The van der Waals surface area contributed by atoms with Gasteiger partial charge in [-0.3, -0.25) is 0 Å². The highest BCUT2D eigenvalue weighted by Gasteiger charge is 2.37. The number of hydrogen-bond donors (Lipinski definition) is 0. The molecule has 1 fully saturated rings. The van der Waals surface area contributed by atoms with Crippen LogP contribution >= 0.6 is 0 Å². The predicted molar refractivity (Wildman–Crippen MR) is 41.3 cm³/mol. The molecule has 1 aliphatic rings. The van der Waals surface area contributed by atoms with E-state index in [0.717, 1.165) is 17.8 Å². The van der Waals surface area contributed by atoms with Gasteiger partial charge in [-0.2, -0.15) is 0 Å². The van der Waals surface area contributed by atoms with Gasteiger partial charge in [0.25, 0.3) is 0 Å². The van der Waals surface area contributed by atoms with Gasteiger partial charge in [0.2, 0.25) is 0 Å². The molecule has 2 unspecified atom stereocenters. The van der Waals surface area contributed by atoms with Crippen LogP contribution in [0.4, 0.5) is 0 Å². The highest BCUT2D eigenvalue weighted by molar-refractivity contribution is 4.87. The Morgan fingerprint density at radius 2 is 2.11 bits per heavy atom. The van der Waals surface area contributed by atoms with Crippen molar-refractivity contribution in [1.29, 1.82) is 0 Å². The quantitative estimate of drug-likeness (QED) is 0.545. The van der Waals surface area contributed by atoms with Crippen molar-refractivity contribution in [2.24, 2.45) is 17.8 Å². The lowest BCUT2D eigenvalue weighted by molar-refractivity contribution is 0.501. The Labute approximate surface area is 58.7 Å². The third kappa shape index (κ3) is 1.70. The molecule has 0 heterocycles. The molecule has 0 aliphatic heterocycles. The SMILES string of the molecule is CCCC1CC1C(C)C. The standard InChI is InChI=1S/C9H18/c1-4-5-8-6-9(8)7(2)3/h7-9H,4-6H2,1-3H3. The van der Waals surface area contributed by atoms with Gasteiger partial charge in [0.1, 0.15) is 0 Å². The monoisotopic (exact) mass is 126 g/mol. The zero-order valence-electron chi connectivity index (χ0n) is 6.85. The lowest BCUT2D eigenvalue weighted by Gasteiger charge is -2.00. The molecule has 0 radical (unpaired) electrons. The topological polar surface area (TPSA) is 0 Å². The Hall–Kier alpha value is 0. The van der Waals surface area contributed by atoms with Gasteiger partial charge < -0.3 is 0 Å². The summed E-state index contributed by atoms with van der Waals surface area (Å²) in [6.07, 6.45) is 4.38. The first-order valence-electron chi connectivity index (χ1n) is 4.25. The van der Waals surface area contributed by atoms with E-state index in [9.17, 15) is 0 Å². The van der Waals surface area contributed by atoms with Gasteiger partial charge in [0.05, 0.1) is 0 Å². The van der Waals surface area contributed by atoms with Gasteiger partial charge in [0.15, 0.2) is 0 Å². The molecule has 0 spiro atoms. The van der Waals surface area contributed by atoms with Crippen LogP contribution in [0.2, 0.25) is 0 Å². The van der Waals surface area contributed by atoms with Gasteiger partial charge in [-0.15, -0.1) is 0 Å². The highest BCUT2D eigenvalue weighted by Crippen LogP contribution is 2.46. The van der Waals surface area contributed by atoms with Crippen LogP contribution in [-0.4, -0.2) is 0 Å². The molecule has 0 saturated heterocycles. The third-order valence-corrected chi connectivity index (χ3v) is 2.49. The maximum absolute atomic E-state index is 2.35. The second-order valence-electron chi connectivity index (χ2n) is 3.69. The summed E-state index contributed by atoms with van der Waals surface area (Å²) in [7, 11) is 0. The van der Waals surface area contributed by atoms with E-state index in [4.69, 9.17) is 0 Å². The molecule has 0 aromatic heterocycles. The van der Waals surface area contributed by atoms with E-state index in [0.29, 0.717) is 0 Å². The van der Waals surface area contributed by atoms with Crippen molar-refractivity contribution >= 4 is 0 Å². The minimum absolute atomic E-state index is 0.946. The normalized spacial score (nSPS) is 33.3. The van der Waals surface area contributed by atoms with Crippen LogP contribution < -0.4 is 0 Å². The fourth-order valence-electron chi connectivity index (χ4n) is 1.79. The van der Waals surface area contributed by atoms with Crippen molar-refractivity contribution in [3.05, 3.63) is 0 Å². The summed E-state index contributed by atoms with van der Waals surface area (Å²) >= 11 is 0. The molecule has 0 nitrogen and oxygen atoms in total. The average molecular weight is 126 g/mol. The van der Waals surface area contributed by atoms with Crippen molar-refractivity contribution in [2.45, 2.75) is 40.0 Å². The maximum atomic E-state index is 2.35. The molecule has 0 heteroatoms. The molecule has 2 atom stereocenters. The minimum atomic E-state index is 0.946. The van der Waals surface area contributed by atoms with Crippen molar-refractivity contribution in [1.82, 2.24) is 0 Å². The highest BCUT2D eigenvalue weighted by atomic mass is 14.4. The Morgan fingerprint density at radius 3 is 2.44 bits per heavy atom. The molecule has 0 aromatic rings. The summed E-state index contributed by atoms with van der Waals surface area (Å²) in [5.74, 6) is 3.14. The molecule has 1 rings (SSSR count). The first-order valence-corrected chi connectivity index (χ1v) is 4.25. The van der Waals surface area contributed by atoms with E-state index < -0.39 is 0 Å². The molecule has 0 aromatic carbocycles. The van der Waals surface area contributed by atoms with Gasteiger partial charge in [-0.1, -0.05) is 33.6 Å². The maximum Gasteiger partial charge on any atom is -0.0360 e. The zero-order valence-corrected chi connectivity index (χ0v) is 6.85. The van der Waals surface area contributed by atoms with Crippen molar-refractivity contribution in [2.75, 3.05) is 0 Å². The zero-order chi connectivity index (χ0) is 6.85. The predicted octanol–water partition coefficient (Wildman–Crippen LogP) is 3.08. The molecular formula is C9H18. The summed E-state index contributed by atoms with van der Waals surface area (Å²) in [4.78, 5) is 0. The molecule has 0 amide bonds. The fraction of sp³-hybridized carbons (Fsp3) is 1.00. The smallest absolute Gasteiger partial charge is 0.0360 e. The van der Waals surface area contributed by atoms with Gasteiger partial charge >= 0.3 is 0 Å². The van der Waals surface area contributed by atoms with Crippen LogP contribution in [0.1, 0.15) is 40.0 Å². The van der Waals surface area contributed by atoms with E-state index in [1.54, 1.807) is 0 Å². The third-order valence-electron chi connectivity index (χ3n) is 2.49. The molecule has 1 saturated carbocycles. The van der Waals surface area contributed by atoms with Crippen molar-refractivity contribution < 1.29 is 0 Å². The lowest BCUT2D eigenvalue weighted by Crippen LogP contribution is -1.91. The minimum Gasteiger partial charge on any atom is -0.0654 e. The van der Waals surface area contributed by atoms with Gasteiger partial charge in [-0.25, -0.2) is 0 Å². The molecule has 9 heavy (non-hydrogen) atoms. The largest absolute Gasteiger partial charge is 0.0654 e. The summed E-state index contributed by atoms with van der Waals surface area (Å²) in [6, 6.07) is 0. The molecule has 0 bridgehead atoms. The lowest BCUT2D eigenvalue weighted by atomic mass is 10.1. The molecular weight excluding hydrogens is 108 g/mol. The van der Waals surface area contributed by atoms with Crippen LogP contribution in [0.3, 0.4) is 0 Å². The summed E-state index contributed by atoms with van der Waals surface area (Å²) in [5.41, 5.74) is 0. The fourth-order valence-corrected chi connectivity index (χ4v) is 1.79. The second-order valence-corrected chi connectivity index (χ2v) is 3.69. The van der Waals surface area contributed by atoms with E-state index in [-0.39, 0.29) is 0 Å². The Kier molecular flexibility index (Phi) is 2.15. The number of hydrogen-bond acceptors (Lipinski definition) is 0. The van der Waals surface area contributed by atoms with Crippen LogP contribution in [0.5, 0.6) is 0 Å². The molecule has 1 aliphatic carbocycles.